The van der Waals surface area contributed by atoms with E-state index in [1.807, 2.05) is 77.7 Å². The Labute approximate surface area is 184 Å². The number of piperazine rings is 1. The molecule has 31 heavy (non-hydrogen) atoms. The zero-order chi connectivity index (χ0) is 21.5. The third-order valence-corrected chi connectivity index (χ3v) is 6.91. The van der Waals surface area contributed by atoms with Gasteiger partial charge in [0, 0.05) is 36.3 Å². The maximum absolute atomic E-state index is 13.0. The Morgan fingerprint density at radius 2 is 1.52 bits per heavy atom. The van der Waals surface area contributed by atoms with Gasteiger partial charge in [-0.25, -0.2) is 8.42 Å². The van der Waals surface area contributed by atoms with Crippen LogP contribution >= 0.6 is 0 Å². The highest BCUT2D eigenvalue weighted by Gasteiger charge is 2.32. The molecule has 0 aliphatic carbocycles. The Bertz CT molecular complexity index is 1190. The predicted molar refractivity (Wildman–Crippen MR) is 127 cm³/mol. The van der Waals surface area contributed by atoms with Crippen molar-refractivity contribution in [3.05, 3.63) is 102 Å². The second-order valence-electron chi connectivity index (χ2n) is 7.29. The molecule has 0 amide bonds. The number of hydrogen-bond acceptors (Lipinski definition) is 4. The fourth-order valence-corrected chi connectivity index (χ4v) is 4.98. The summed E-state index contributed by atoms with van der Waals surface area (Å²) in [5.41, 5.74) is 4.00. The Morgan fingerprint density at radius 3 is 2.23 bits per heavy atom. The first-order valence-electron chi connectivity index (χ1n) is 10.2. The molecule has 1 atom stereocenters. The second kappa shape index (κ2) is 9.65. The standard InChI is InChI=1S/C26H24N2O2S/c29-31(30,20-8-7-11-22-9-3-1-4-10-22)26-21-27-18-19-28(26)25-16-14-24(15-17-25)23-12-5-2-6-13-23/h1-6,8-10,12-17,20,26-27H,18-19,21H2. The summed E-state index contributed by atoms with van der Waals surface area (Å²) in [4.78, 5) is 1.95. The zero-order valence-electron chi connectivity index (χ0n) is 17.1. The molecule has 0 radical (unpaired) electrons. The lowest BCUT2D eigenvalue weighted by Crippen LogP contribution is -2.54. The van der Waals surface area contributed by atoms with Crippen LogP contribution in [0.2, 0.25) is 0 Å². The zero-order valence-corrected chi connectivity index (χ0v) is 17.9. The normalized spacial score (nSPS) is 16.6. The molecule has 0 bridgehead atoms. The van der Waals surface area contributed by atoms with Gasteiger partial charge in [0.25, 0.3) is 0 Å². The largest absolute Gasteiger partial charge is 0.352 e. The summed E-state index contributed by atoms with van der Waals surface area (Å²) < 4.78 is 26.1. The van der Waals surface area contributed by atoms with E-state index in [-0.39, 0.29) is 0 Å². The van der Waals surface area contributed by atoms with Crippen LogP contribution in [0.4, 0.5) is 5.69 Å². The minimum atomic E-state index is -3.52. The first-order valence-corrected chi connectivity index (χ1v) is 11.8. The van der Waals surface area contributed by atoms with E-state index in [0.717, 1.165) is 28.9 Å². The van der Waals surface area contributed by atoms with Gasteiger partial charge in [-0.15, -0.1) is 0 Å². The lowest BCUT2D eigenvalue weighted by atomic mass is 10.1. The summed E-state index contributed by atoms with van der Waals surface area (Å²) in [6.45, 7) is 1.74. The van der Waals surface area contributed by atoms with Gasteiger partial charge >= 0.3 is 0 Å². The van der Waals surface area contributed by atoms with Gasteiger partial charge < -0.3 is 10.2 Å². The van der Waals surface area contributed by atoms with Crippen LogP contribution in [0.3, 0.4) is 0 Å². The monoisotopic (exact) mass is 428 g/mol. The molecular formula is C26H24N2O2S. The lowest BCUT2D eigenvalue weighted by molar-refractivity contribution is 0.524. The minimum absolute atomic E-state index is 0.374. The quantitative estimate of drug-likeness (QED) is 0.637. The molecule has 1 saturated heterocycles. The van der Waals surface area contributed by atoms with Crippen LogP contribution in [0.25, 0.3) is 11.1 Å². The molecule has 1 aliphatic rings. The molecule has 1 heterocycles. The van der Waals surface area contributed by atoms with Gasteiger partial charge in [0.1, 0.15) is 5.37 Å². The van der Waals surface area contributed by atoms with E-state index in [1.54, 1.807) is 0 Å². The highest BCUT2D eigenvalue weighted by atomic mass is 32.2. The molecule has 156 valence electrons. The summed E-state index contributed by atoms with van der Waals surface area (Å²) in [5.74, 6) is 5.78. The van der Waals surface area contributed by atoms with Gasteiger partial charge in [-0.3, -0.25) is 0 Å². The van der Waals surface area contributed by atoms with Crippen LogP contribution in [-0.2, 0) is 9.84 Å². The van der Waals surface area contributed by atoms with Crippen molar-refractivity contribution in [3.8, 4) is 23.0 Å². The van der Waals surface area contributed by atoms with E-state index in [0.29, 0.717) is 13.1 Å². The average molecular weight is 429 g/mol. The number of nitrogens with zero attached hydrogens (tertiary/aromatic N) is 1. The van der Waals surface area contributed by atoms with Crippen molar-refractivity contribution >= 4 is 15.5 Å². The van der Waals surface area contributed by atoms with Crippen molar-refractivity contribution in [2.75, 3.05) is 24.5 Å². The van der Waals surface area contributed by atoms with Crippen LogP contribution < -0.4 is 10.2 Å². The van der Waals surface area contributed by atoms with E-state index in [2.05, 4.69) is 29.3 Å². The topological polar surface area (TPSA) is 49.4 Å². The van der Waals surface area contributed by atoms with Crippen molar-refractivity contribution in [2.24, 2.45) is 0 Å². The molecule has 1 unspecified atom stereocenters. The third-order valence-electron chi connectivity index (χ3n) is 5.21. The Morgan fingerprint density at radius 1 is 0.871 bits per heavy atom. The number of anilines is 1. The summed E-state index contributed by atoms with van der Waals surface area (Å²) in [5, 5.41) is 3.76. The van der Waals surface area contributed by atoms with Gasteiger partial charge in [0.2, 0.25) is 0 Å². The molecule has 0 aromatic heterocycles. The summed E-state index contributed by atoms with van der Waals surface area (Å²) in [7, 11) is -3.52. The molecule has 4 rings (SSSR count). The maximum Gasteiger partial charge on any atom is 0.194 e. The van der Waals surface area contributed by atoms with Crippen molar-refractivity contribution in [1.29, 1.82) is 0 Å². The highest BCUT2D eigenvalue weighted by molar-refractivity contribution is 7.95. The molecule has 3 aromatic rings. The van der Waals surface area contributed by atoms with Crippen molar-refractivity contribution < 1.29 is 8.42 Å². The van der Waals surface area contributed by atoms with Crippen molar-refractivity contribution in [1.82, 2.24) is 5.32 Å². The first-order chi connectivity index (χ1) is 15.1. The number of benzene rings is 3. The van der Waals surface area contributed by atoms with Gasteiger partial charge in [0.15, 0.2) is 9.84 Å². The van der Waals surface area contributed by atoms with Gasteiger partial charge in [0.05, 0.1) is 0 Å². The van der Waals surface area contributed by atoms with E-state index in [4.69, 9.17) is 0 Å². The van der Waals surface area contributed by atoms with Crippen LogP contribution in [0.5, 0.6) is 0 Å². The molecular weight excluding hydrogens is 404 g/mol. The van der Waals surface area contributed by atoms with Crippen LogP contribution in [-0.4, -0.2) is 33.4 Å². The second-order valence-corrected chi connectivity index (χ2v) is 9.29. The van der Waals surface area contributed by atoms with E-state index < -0.39 is 15.2 Å². The van der Waals surface area contributed by atoms with Gasteiger partial charge in [-0.2, -0.15) is 0 Å². The molecule has 3 aromatic carbocycles. The van der Waals surface area contributed by atoms with Crippen LogP contribution in [0.15, 0.2) is 96.4 Å². The molecule has 1 fully saturated rings. The smallest absolute Gasteiger partial charge is 0.194 e. The Kier molecular flexibility index (Phi) is 6.51. The van der Waals surface area contributed by atoms with Crippen molar-refractivity contribution in [3.63, 3.8) is 0 Å². The summed E-state index contributed by atoms with van der Waals surface area (Å²) >= 11 is 0. The molecule has 0 saturated carbocycles. The predicted octanol–water partition coefficient (Wildman–Crippen LogP) is 4.07. The molecule has 0 spiro atoms. The SMILES string of the molecule is O=S(=O)(C=CC#Cc1ccccc1)C1CNCCN1c1ccc(-c2ccccc2)cc1. The molecule has 5 heteroatoms. The van der Waals surface area contributed by atoms with E-state index in [9.17, 15) is 8.42 Å². The van der Waals surface area contributed by atoms with Crippen LogP contribution in [0.1, 0.15) is 5.56 Å². The van der Waals surface area contributed by atoms with Crippen LogP contribution in [0, 0.1) is 11.8 Å². The highest BCUT2D eigenvalue weighted by Crippen LogP contribution is 2.26. The fourth-order valence-electron chi connectivity index (χ4n) is 3.61. The summed E-state index contributed by atoms with van der Waals surface area (Å²) in [6.07, 6.45) is 1.42. The Balaban J connectivity index is 1.53. The molecule has 4 nitrogen and oxygen atoms in total. The summed E-state index contributed by atoms with van der Waals surface area (Å²) in [6, 6.07) is 27.7. The fraction of sp³-hybridized carbons (Fsp3) is 0.154. The first kappa shape index (κ1) is 20.9. The number of rotatable bonds is 4. The average Bonchev–Trinajstić information content (AvgIpc) is 2.83. The molecule has 1 N–H and O–H groups in total. The van der Waals surface area contributed by atoms with Gasteiger partial charge in [-0.1, -0.05) is 72.5 Å². The van der Waals surface area contributed by atoms with E-state index in [1.165, 1.54) is 11.5 Å². The lowest BCUT2D eigenvalue weighted by Gasteiger charge is -2.36. The Hall–Kier alpha value is -3.33. The van der Waals surface area contributed by atoms with Gasteiger partial charge in [-0.05, 0) is 41.5 Å². The minimum Gasteiger partial charge on any atom is -0.352 e. The third kappa shape index (κ3) is 5.24. The number of sulfone groups is 1. The number of hydrogen-bond donors (Lipinski definition) is 1. The number of nitrogens with one attached hydrogen (secondary N) is 1. The molecule has 1 aliphatic heterocycles. The van der Waals surface area contributed by atoms with Crippen molar-refractivity contribution in [2.45, 2.75) is 5.37 Å². The van der Waals surface area contributed by atoms with E-state index >= 15 is 0 Å². The maximum atomic E-state index is 13.0. The number of allylic oxidation sites excluding steroid dienone is 1.